The van der Waals surface area contributed by atoms with E-state index in [0.29, 0.717) is 30.4 Å². The summed E-state index contributed by atoms with van der Waals surface area (Å²) in [6.07, 6.45) is 1.41. The van der Waals surface area contributed by atoms with Crippen molar-refractivity contribution in [3.05, 3.63) is 48.3 Å². The maximum absolute atomic E-state index is 13.6. The molecule has 9 heteroatoms. The fourth-order valence-corrected chi connectivity index (χ4v) is 3.79. The average molecular weight is 408 g/mol. The highest BCUT2D eigenvalue weighted by atomic mass is 32.2. The Bertz CT molecular complexity index is 965. The van der Waals surface area contributed by atoms with Gasteiger partial charge < -0.3 is 14.8 Å². The lowest BCUT2D eigenvalue weighted by atomic mass is 10.2. The number of nitrogens with zero attached hydrogens (tertiary/aromatic N) is 1. The van der Waals surface area contributed by atoms with Crippen LogP contribution in [0.25, 0.3) is 0 Å². The van der Waals surface area contributed by atoms with Crippen LogP contribution < -0.4 is 19.1 Å². The van der Waals surface area contributed by atoms with E-state index in [2.05, 4.69) is 5.32 Å². The molecule has 0 spiro atoms. The molecule has 0 fully saturated rings. The Kier molecular flexibility index (Phi) is 6.03. The van der Waals surface area contributed by atoms with Crippen molar-refractivity contribution in [1.29, 1.82) is 0 Å². The van der Waals surface area contributed by atoms with Crippen LogP contribution in [-0.2, 0) is 14.8 Å². The molecule has 0 saturated heterocycles. The van der Waals surface area contributed by atoms with E-state index in [0.717, 1.165) is 6.26 Å². The van der Waals surface area contributed by atoms with Crippen LogP contribution in [0.2, 0.25) is 0 Å². The Hall–Kier alpha value is -2.81. The van der Waals surface area contributed by atoms with Crippen molar-refractivity contribution in [3.63, 3.8) is 0 Å². The first-order valence-corrected chi connectivity index (χ1v) is 10.6. The third-order valence-corrected chi connectivity index (χ3v) is 5.32. The number of hydrogen-bond acceptors (Lipinski definition) is 5. The summed E-state index contributed by atoms with van der Waals surface area (Å²) in [5.41, 5.74) is 0.528. The molecule has 0 aromatic heterocycles. The van der Waals surface area contributed by atoms with Gasteiger partial charge in [-0.15, -0.1) is 0 Å². The van der Waals surface area contributed by atoms with Gasteiger partial charge in [0.25, 0.3) is 0 Å². The molecule has 0 aliphatic carbocycles. The first-order valence-electron chi connectivity index (χ1n) is 8.76. The smallest absolute Gasteiger partial charge is 0.232 e. The van der Waals surface area contributed by atoms with Gasteiger partial charge in [-0.3, -0.25) is 9.10 Å². The third kappa shape index (κ3) is 4.92. The lowest BCUT2D eigenvalue weighted by molar-refractivity contribution is -0.116. The molecule has 1 heterocycles. The van der Waals surface area contributed by atoms with Crippen LogP contribution in [0.4, 0.5) is 15.8 Å². The van der Waals surface area contributed by atoms with Crippen LogP contribution >= 0.6 is 0 Å². The van der Waals surface area contributed by atoms with Crippen molar-refractivity contribution in [3.8, 4) is 11.5 Å². The SMILES string of the molecule is CS(=O)(=O)N(CCCC(=O)Nc1ccccc1F)c1ccc2c(c1)OCCO2. The van der Waals surface area contributed by atoms with E-state index in [1.54, 1.807) is 24.3 Å². The van der Waals surface area contributed by atoms with Gasteiger partial charge in [0, 0.05) is 19.0 Å². The van der Waals surface area contributed by atoms with E-state index < -0.39 is 15.8 Å². The minimum absolute atomic E-state index is 0.0465. The van der Waals surface area contributed by atoms with Gasteiger partial charge in [-0.2, -0.15) is 0 Å². The van der Waals surface area contributed by atoms with E-state index >= 15 is 0 Å². The summed E-state index contributed by atoms with van der Waals surface area (Å²) < 4.78 is 50.2. The van der Waals surface area contributed by atoms with E-state index in [1.807, 2.05) is 0 Å². The number of nitrogens with one attached hydrogen (secondary N) is 1. The van der Waals surface area contributed by atoms with Gasteiger partial charge in [0.1, 0.15) is 19.0 Å². The third-order valence-electron chi connectivity index (χ3n) is 4.13. The molecular weight excluding hydrogens is 387 g/mol. The zero-order valence-corrected chi connectivity index (χ0v) is 16.2. The number of benzene rings is 2. The molecule has 0 bridgehead atoms. The molecule has 1 amide bonds. The largest absolute Gasteiger partial charge is 0.486 e. The van der Waals surface area contributed by atoms with Crippen molar-refractivity contribution < 1.29 is 27.1 Å². The minimum atomic E-state index is -3.56. The van der Waals surface area contributed by atoms with Gasteiger partial charge in [-0.05, 0) is 30.7 Å². The Labute approximate surface area is 163 Å². The van der Waals surface area contributed by atoms with Crippen LogP contribution in [0.5, 0.6) is 11.5 Å². The standard InChI is InChI=1S/C19H21FN2O5S/c1-28(24,25)22(14-8-9-17-18(13-14)27-12-11-26-17)10-4-7-19(23)21-16-6-3-2-5-15(16)20/h2-3,5-6,8-9,13H,4,7,10-12H2,1H3,(H,21,23). The fourth-order valence-electron chi connectivity index (χ4n) is 2.83. The van der Waals surface area contributed by atoms with Gasteiger partial charge in [-0.1, -0.05) is 12.1 Å². The minimum Gasteiger partial charge on any atom is -0.486 e. The molecule has 2 aromatic rings. The van der Waals surface area contributed by atoms with Gasteiger partial charge >= 0.3 is 0 Å². The van der Waals surface area contributed by atoms with Gasteiger partial charge in [0.15, 0.2) is 11.5 Å². The summed E-state index contributed by atoms with van der Waals surface area (Å²) >= 11 is 0. The number of rotatable bonds is 7. The van der Waals surface area contributed by atoms with Gasteiger partial charge in [0.05, 0.1) is 17.6 Å². The maximum atomic E-state index is 13.6. The van der Waals surface area contributed by atoms with Crippen molar-refractivity contribution in [2.75, 3.05) is 35.6 Å². The zero-order chi connectivity index (χ0) is 20.1. The van der Waals surface area contributed by atoms with Crippen LogP contribution in [-0.4, -0.2) is 40.3 Å². The zero-order valence-electron chi connectivity index (χ0n) is 15.4. The van der Waals surface area contributed by atoms with Crippen molar-refractivity contribution in [1.82, 2.24) is 0 Å². The summed E-state index contributed by atoms with van der Waals surface area (Å²) in [6, 6.07) is 10.8. The fraction of sp³-hybridized carbons (Fsp3) is 0.316. The summed E-state index contributed by atoms with van der Waals surface area (Å²) in [5, 5.41) is 2.48. The highest BCUT2D eigenvalue weighted by Gasteiger charge is 2.21. The number of carbonyl (C=O) groups is 1. The van der Waals surface area contributed by atoms with Crippen molar-refractivity contribution in [2.45, 2.75) is 12.8 Å². The Morgan fingerprint density at radius 2 is 1.86 bits per heavy atom. The van der Waals surface area contributed by atoms with Gasteiger partial charge in [0.2, 0.25) is 15.9 Å². The number of halogens is 1. The Morgan fingerprint density at radius 3 is 2.57 bits per heavy atom. The van der Waals surface area contributed by atoms with E-state index in [9.17, 15) is 17.6 Å². The summed E-state index contributed by atoms with van der Waals surface area (Å²) in [7, 11) is -3.56. The number of carbonyl (C=O) groups excluding carboxylic acids is 1. The lowest BCUT2D eigenvalue weighted by Crippen LogP contribution is -2.31. The monoisotopic (exact) mass is 408 g/mol. The lowest BCUT2D eigenvalue weighted by Gasteiger charge is -2.25. The molecule has 1 aliphatic rings. The number of fused-ring (bicyclic) bond motifs is 1. The quantitative estimate of drug-likeness (QED) is 0.762. The van der Waals surface area contributed by atoms with Crippen LogP contribution in [0, 0.1) is 5.82 Å². The molecule has 0 radical (unpaired) electrons. The normalized spacial score (nSPS) is 13.1. The summed E-state index contributed by atoms with van der Waals surface area (Å²) in [5.74, 6) is 0.132. The van der Waals surface area contributed by atoms with Gasteiger partial charge in [-0.25, -0.2) is 12.8 Å². The predicted octanol–water partition coefficient (Wildman–Crippen LogP) is 2.78. The maximum Gasteiger partial charge on any atom is 0.232 e. The Balaban J connectivity index is 1.64. The number of para-hydroxylation sites is 1. The first kappa shape index (κ1) is 19.9. The second kappa shape index (κ2) is 8.47. The molecular formula is C19H21FN2O5S. The second-order valence-electron chi connectivity index (χ2n) is 6.29. The number of sulfonamides is 1. The second-order valence-corrected chi connectivity index (χ2v) is 8.20. The molecule has 3 rings (SSSR count). The topological polar surface area (TPSA) is 84.9 Å². The van der Waals surface area contributed by atoms with Crippen LogP contribution in [0.15, 0.2) is 42.5 Å². The molecule has 28 heavy (non-hydrogen) atoms. The van der Waals surface area contributed by atoms with Crippen molar-refractivity contribution >= 4 is 27.3 Å². The summed E-state index contributed by atoms with van der Waals surface area (Å²) in [4.78, 5) is 12.0. The first-order chi connectivity index (χ1) is 13.3. The molecule has 0 atom stereocenters. The van der Waals surface area contributed by atoms with Crippen molar-refractivity contribution in [2.24, 2.45) is 0 Å². The predicted molar refractivity (Wildman–Crippen MR) is 104 cm³/mol. The highest BCUT2D eigenvalue weighted by molar-refractivity contribution is 7.92. The molecule has 0 unspecified atom stereocenters. The number of amides is 1. The average Bonchev–Trinajstić information content (AvgIpc) is 2.66. The number of ether oxygens (including phenoxy) is 2. The number of anilines is 2. The molecule has 7 nitrogen and oxygen atoms in total. The molecule has 0 saturated carbocycles. The molecule has 2 aromatic carbocycles. The van der Waals surface area contributed by atoms with E-state index in [4.69, 9.17) is 9.47 Å². The Morgan fingerprint density at radius 1 is 1.14 bits per heavy atom. The van der Waals surface area contributed by atoms with Crippen LogP contribution in [0.3, 0.4) is 0 Å². The van der Waals surface area contributed by atoms with E-state index in [1.165, 1.54) is 22.5 Å². The molecule has 1 N–H and O–H groups in total. The van der Waals surface area contributed by atoms with E-state index in [-0.39, 0.29) is 31.0 Å². The highest BCUT2D eigenvalue weighted by Crippen LogP contribution is 2.34. The molecule has 150 valence electrons. The summed E-state index contributed by atoms with van der Waals surface area (Å²) in [6.45, 7) is 0.938. The number of hydrogen-bond donors (Lipinski definition) is 1. The van der Waals surface area contributed by atoms with Crippen LogP contribution in [0.1, 0.15) is 12.8 Å². The molecule has 1 aliphatic heterocycles.